The Hall–Kier alpha value is -2.81. The highest BCUT2D eigenvalue weighted by Crippen LogP contribution is 2.31. The number of aryl methyl sites for hydroxylation is 2. The Balaban J connectivity index is 2.01. The van der Waals surface area contributed by atoms with E-state index in [0.29, 0.717) is 11.3 Å². The molecule has 0 saturated carbocycles. The third-order valence-electron chi connectivity index (χ3n) is 3.83. The van der Waals surface area contributed by atoms with E-state index in [1.54, 1.807) is 19.3 Å². The number of benzene rings is 2. The zero-order valence-corrected chi connectivity index (χ0v) is 13.4. The summed E-state index contributed by atoms with van der Waals surface area (Å²) in [5, 5.41) is 0. The largest absolute Gasteiger partial charge is 0.496 e. The highest BCUT2D eigenvalue weighted by molar-refractivity contribution is 6.05. The molecular weight excluding hydrogens is 288 g/mol. The van der Waals surface area contributed by atoms with Gasteiger partial charge in [-0.15, -0.1) is 0 Å². The Morgan fingerprint density at radius 1 is 1.09 bits per heavy atom. The van der Waals surface area contributed by atoms with Gasteiger partial charge in [0.25, 0.3) is 0 Å². The summed E-state index contributed by atoms with van der Waals surface area (Å²) in [5.74, 6) is 0.977. The van der Waals surface area contributed by atoms with Crippen LogP contribution in [0.4, 0.5) is 0 Å². The van der Waals surface area contributed by atoms with Crippen LogP contribution in [0.3, 0.4) is 0 Å². The summed E-state index contributed by atoms with van der Waals surface area (Å²) < 4.78 is 10.8. The quantitative estimate of drug-likeness (QED) is 0.627. The van der Waals surface area contributed by atoms with E-state index in [2.05, 4.69) is 0 Å². The summed E-state index contributed by atoms with van der Waals surface area (Å²) >= 11 is 0. The second kappa shape index (κ2) is 6.13. The zero-order valence-electron chi connectivity index (χ0n) is 13.4. The molecule has 3 nitrogen and oxygen atoms in total. The number of esters is 1. The van der Waals surface area contributed by atoms with Crippen molar-refractivity contribution in [3.8, 4) is 5.75 Å². The van der Waals surface area contributed by atoms with E-state index >= 15 is 0 Å². The number of hydrogen-bond donors (Lipinski definition) is 0. The minimum atomic E-state index is -0.341. The average molecular weight is 306 g/mol. The predicted octanol–water partition coefficient (Wildman–Crippen LogP) is 4.29. The van der Waals surface area contributed by atoms with Crippen LogP contribution in [0.2, 0.25) is 0 Å². The van der Waals surface area contributed by atoms with Crippen LogP contribution in [0.1, 0.15) is 22.3 Å². The molecule has 3 heteroatoms. The summed E-state index contributed by atoms with van der Waals surface area (Å²) in [7, 11) is 1.61. The molecule has 0 N–H and O–H groups in total. The molecule has 0 saturated heterocycles. The second-order valence-electron chi connectivity index (χ2n) is 5.56. The van der Waals surface area contributed by atoms with Gasteiger partial charge in [0.15, 0.2) is 0 Å². The number of carbonyl (C=O) groups excluding carboxylic acids is 1. The first-order chi connectivity index (χ1) is 11.1. The first-order valence-corrected chi connectivity index (χ1v) is 7.44. The van der Waals surface area contributed by atoms with Gasteiger partial charge in [0.1, 0.15) is 11.5 Å². The third-order valence-corrected chi connectivity index (χ3v) is 3.83. The molecule has 0 bridgehead atoms. The van der Waals surface area contributed by atoms with Crippen LogP contribution in [0.5, 0.6) is 5.75 Å². The topological polar surface area (TPSA) is 35.5 Å². The fourth-order valence-corrected chi connectivity index (χ4v) is 2.58. The smallest absolute Gasteiger partial charge is 0.343 e. The lowest BCUT2D eigenvalue weighted by Crippen LogP contribution is -1.98. The van der Waals surface area contributed by atoms with Gasteiger partial charge in [0.2, 0.25) is 0 Å². The molecule has 0 aliphatic carbocycles. The van der Waals surface area contributed by atoms with Gasteiger partial charge in [-0.25, -0.2) is 4.79 Å². The van der Waals surface area contributed by atoms with Gasteiger partial charge >= 0.3 is 5.97 Å². The molecule has 2 aromatic carbocycles. The summed E-state index contributed by atoms with van der Waals surface area (Å²) in [6, 6.07) is 13.7. The maximum Gasteiger partial charge on any atom is 0.343 e. The lowest BCUT2D eigenvalue weighted by Gasteiger charge is -2.06. The molecule has 3 rings (SSSR count). The van der Waals surface area contributed by atoms with Crippen molar-refractivity contribution in [1.82, 2.24) is 0 Å². The number of rotatable bonds is 3. The van der Waals surface area contributed by atoms with Crippen LogP contribution >= 0.6 is 0 Å². The molecule has 2 aromatic rings. The number of ether oxygens (including phenoxy) is 2. The van der Waals surface area contributed by atoms with Crippen LogP contribution in [0.15, 0.2) is 54.1 Å². The van der Waals surface area contributed by atoms with Crippen molar-refractivity contribution in [2.45, 2.75) is 13.8 Å². The van der Waals surface area contributed by atoms with Gasteiger partial charge in [0, 0.05) is 11.1 Å². The van der Waals surface area contributed by atoms with Gasteiger partial charge in [-0.1, -0.05) is 35.9 Å². The fourth-order valence-electron chi connectivity index (χ4n) is 2.58. The fraction of sp³-hybridized carbons (Fsp3) is 0.150. The number of cyclic esters (lactones) is 1. The van der Waals surface area contributed by atoms with Crippen molar-refractivity contribution in [3.63, 3.8) is 0 Å². The van der Waals surface area contributed by atoms with Crippen molar-refractivity contribution in [3.05, 3.63) is 76.4 Å². The standard InChI is InChI=1S/C20H18O3/c1-13-8-9-14(2)17(10-13)19-12-16(20(21)23-19)11-15-6-4-5-7-18(15)22-3/h4-12H,1-3H3/b16-11+. The van der Waals surface area contributed by atoms with Crippen molar-refractivity contribution in [2.75, 3.05) is 7.11 Å². The normalized spacial score (nSPS) is 15.5. The summed E-state index contributed by atoms with van der Waals surface area (Å²) in [4.78, 5) is 12.2. The molecule has 0 unspecified atom stereocenters. The van der Waals surface area contributed by atoms with Crippen LogP contribution in [-0.4, -0.2) is 13.1 Å². The molecule has 0 aromatic heterocycles. The maximum absolute atomic E-state index is 12.2. The maximum atomic E-state index is 12.2. The minimum Gasteiger partial charge on any atom is -0.496 e. The van der Waals surface area contributed by atoms with Crippen LogP contribution in [0.25, 0.3) is 11.8 Å². The van der Waals surface area contributed by atoms with E-state index in [9.17, 15) is 4.79 Å². The summed E-state index contributed by atoms with van der Waals surface area (Å²) in [6.45, 7) is 4.03. The SMILES string of the molecule is COc1ccccc1/C=C1\C=C(c2cc(C)ccc2C)OC1=O. The molecule has 116 valence electrons. The Morgan fingerprint density at radius 3 is 2.65 bits per heavy atom. The molecule has 1 aliphatic heterocycles. The molecule has 1 aliphatic rings. The first-order valence-electron chi connectivity index (χ1n) is 7.44. The molecule has 23 heavy (non-hydrogen) atoms. The Bertz CT molecular complexity index is 829. The number of para-hydroxylation sites is 1. The summed E-state index contributed by atoms with van der Waals surface area (Å²) in [6.07, 6.45) is 3.58. The monoisotopic (exact) mass is 306 g/mol. The van der Waals surface area contributed by atoms with Crippen molar-refractivity contribution >= 4 is 17.8 Å². The van der Waals surface area contributed by atoms with Crippen molar-refractivity contribution in [2.24, 2.45) is 0 Å². The lowest BCUT2D eigenvalue weighted by atomic mass is 10.0. The van der Waals surface area contributed by atoms with E-state index in [1.807, 2.05) is 56.3 Å². The van der Waals surface area contributed by atoms with Gasteiger partial charge < -0.3 is 9.47 Å². The Labute approximate surface area is 135 Å². The van der Waals surface area contributed by atoms with Gasteiger partial charge in [-0.2, -0.15) is 0 Å². The van der Waals surface area contributed by atoms with Gasteiger partial charge in [0.05, 0.1) is 12.7 Å². The number of methoxy groups -OCH3 is 1. The lowest BCUT2D eigenvalue weighted by molar-refractivity contribution is -0.130. The molecule has 1 heterocycles. The second-order valence-corrected chi connectivity index (χ2v) is 5.56. The predicted molar refractivity (Wildman–Crippen MR) is 91.0 cm³/mol. The number of carbonyl (C=O) groups is 1. The average Bonchev–Trinajstić information content (AvgIpc) is 2.91. The molecule has 0 spiro atoms. The Morgan fingerprint density at radius 2 is 1.87 bits per heavy atom. The highest BCUT2D eigenvalue weighted by Gasteiger charge is 2.23. The Kier molecular flexibility index (Phi) is 4.02. The highest BCUT2D eigenvalue weighted by atomic mass is 16.5. The molecule has 0 radical (unpaired) electrons. The van der Waals surface area contributed by atoms with Crippen molar-refractivity contribution < 1.29 is 14.3 Å². The first kappa shape index (κ1) is 15.1. The summed E-state index contributed by atoms with van der Waals surface area (Å²) in [5.41, 5.74) is 4.52. The molecular formula is C20H18O3. The third kappa shape index (κ3) is 3.04. The van der Waals surface area contributed by atoms with E-state index < -0.39 is 0 Å². The molecule has 0 atom stereocenters. The van der Waals surface area contributed by atoms with E-state index in [-0.39, 0.29) is 5.97 Å². The minimum absolute atomic E-state index is 0.341. The van der Waals surface area contributed by atoms with Crippen LogP contribution in [0, 0.1) is 13.8 Å². The van der Waals surface area contributed by atoms with Crippen molar-refractivity contribution in [1.29, 1.82) is 0 Å². The van der Waals surface area contributed by atoms with E-state index in [4.69, 9.17) is 9.47 Å². The van der Waals surface area contributed by atoms with Gasteiger partial charge in [-0.05, 0) is 43.7 Å². The number of hydrogen-bond acceptors (Lipinski definition) is 3. The molecule has 0 fully saturated rings. The van der Waals surface area contributed by atoms with Crippen LogP contribution in [-0.2, 0) is 9.53 Å². The molecule has 0 amide bonds. The van der Waals surface area contributed by atoms with E-state index in [1.165, 1.54) is 0 Å². The van der Waals surface area contributed by atoms with E-state index in [0.717, 1.165) is 28.0 Å². The zero-order chi connectivity index (χ0) is 16.4. The van der Waals surface area contributed by atoms with Crippen LogP contribution < -0.4 is 4.74 Å². The van der Waals surface area contributed by atoms with Gasteiger partial charge in [-0.3, -0.25) is 0 Å².